The second-order valence-corrected chi connectivity index (χ2v) is 7.36. The fourth-order valence-electron chi connectivity index (χ4n) is 2.59. The van der Waals surface area contributed by atoms with E-state index >= 15 is 0 Å². The summed E-state index contributed by atoms with van der Waals surface area (Å²) >= 11 is 7.21. The zero-order valence-electron chi connectivity index (χ0n) is 16.1. The van der Waals surface area contributed by atoms with Gasteiger partial charge in [0.2, 0.25) is 5.91 Å². The molecule has 0 bridgehead atoms. The highest BCUT2D eigenvalue weighted by Crippen LogP contribution is 2.33. The first-order chi connectivity index (χ1) is 14.1. The second-order valence-electron chi connectivity index (χ2n) is 6.06. The van der Waals surface area contributed by atoms with E-state index in [1.54, 1.807) is 38.5 Å². The van der Waals surface area contributed by atoms with Crippen molar-refractivity contribution in [1.29, 1.82) is 0 Å². The van der Waals surface area contributed by atoms with E-state index in [2.05, 4.69) is 10.3 Å². The molecule has 0 aliphatic heterocycles. The van der Waals surface area contributed by atoms with Crippen LogP contribution in [-0.2, 0) is 4.79 Å². The zero-order valence-corrected chi connectivity index (χ0v) is 17.7. The molecule has 0 aliphatic carbocycles. The molecule has 2 aromatic carbocycles. The fourth-order valence-corrected chi connectivity index (χ4v) is 3.46. The van der Waals surface area contributed by atoms with E-state index in [1.165, 1.54) is 11.3 Å². The van der Waals surface area contributed by atoms with Gasteiger partial charge in [0.15, 0.2) is 16.6 Å². The Bertz CT molecular complexity index is 960. The molecular formula is C21H21ClN2O4S. The standard InChI is InChI=1S/C21H21ClN2O4S/c1-26-18-10-5-14(12-19(18)27-2)17-13-29-21(23-17)24-20(25)4-3-11-28-16-8-6-15(22)7-9-16/h5-10,12-13H,3-4,11H2,1-2H3,(H,23,24,25). The van der Waals surface area contributed by atoms with Crippen LogP contribution in [0.2, 0.25) is 5.02 Å². The maximum Gasteiger partial charge on any atom is 0.226 e. The number of ether oxygens (including phenoxy) is 3. The molecule has 1 N–H and O–H groups in total. The van der Waals surface area contributed by atoms with Crippen LogP contribution in [0.4, 0.5) is 5.13 Å². The summed E-state index contributed by atoms with van der Waals surface area (Å²) in [4.78, 5) is 16.6. The summed E-state index contributed by atoms with van der Waals surface area (Å²) in [5.74, 6) is 1.91. The maximum absolute atomic E-state index is 12.1. The van der Waals surface area contributed by atoms with E-state index in [9.17, 15) is 4.79 Å². The third kappa shape index (κ3) is 5.85. The smallest absolute Gasteiger partial charge is 0.226 e. The van der Waals surface area contributed by atoms with Gasteiger partial charge in [0, 0.05) is 22.4 Å². The first-order valence-electron chi connectivity index (χ1n) is 8.95. The summed E-state index contributed by atoms with van der Waals surface area (Å²) in [5, 5.41) is 5.93. The number of halogens is 1. The Labute approximate surface area is 178 Å². The number of benzene rings is 2. The third-order valence-electron chi connectivity index (χ3n) is 4.06. The van der Waals surface area contributed by atoms with Gasteiger partial charge in [-0.05, 0) is 48.9 Å². The molecule has 0 saturated carbocycles. The van der Waals surface area contributed by atoms with Gasteiger partial charge in [-0.3, -0.25) is 4.79 Å². The first kappa shape index (κ1) is 21.0. The molecule has 1 amide bonds. The minimum absolute atomic E-state index is 0.0992. The molecule has 29 heavy (non-hydrogen) atoms. The SMILES string of the molecule is COc1ccc(-c2csc(NC(=O)CCCOc3ccc(Cl)cc3)n2)cc1OC. The van der Waals surface area contributed by atoms with Gasteiger partial charge in [0.1, 0.15) is 5.75 Å². The predicted octanol–water partition coefficient (Wildman–Crippen LogP) is 5.28. The number of amides is 1. The number of aromatic nitrogens is 1. The number of carbonyl (C=O) groups excluding carboxylic acids is 1. The Morgan fingerprint density at radius 3 is 2.59 bits per heavy atom. The van der Waals surface area contributed by atoms with Gasteiger partial charge in [0.05, 0.1) is 26.5 Å². The summed E-state index contributed by atoms with van der Waals surface area (Å²) in [6.07, 6.45) is 0.946. The van der Waals surface area contributed by atoms with Crippen molar-refractivity contribution < 1.29 is 19.0 Å². The van der Waals surface area contributed by atoms with E-state index in [1.807, 2.05) is 23.6 Å². The lowest BCUT2D eigenvalue weighted by Crippen LogP contribution is -2.12. The number of anilines is 1. The van der Waals surface area contributed by atoms with Crippen molar-refractivity contribution >= 4 is 34.0 Å². The normalized spacial score (nSPS) is 10.4. The number of methoxy groups -OCH3 is 2. The van der Waals surface area contributed by atoms with Crippen molar-refractivity contribution in [3.8, 4) is 28.5 Å². The molecule has 0 fully saturated rings. The number of carbonyl (C=O) groups is 1. The number of nitrogens with one attached hydrogen (secondary N) is 1. The Kier molecular flexibility index (Phi) is 7.32. The van der Waals surface area contributed by atoms with Crippen LogP contribution in [0.1, 0.15) is 12.8 Å². The molecule has 1 heterocycles. The van der Waals surface area contributed by atoms with E-state index in [0.29, 0.717) is 41.1 Å². The lowest BCUT2D eigenvalue weighted by atomic mass is 10.1. The molecule has 0 spiro atoms. The van der Waals surface area contributed by atoms with Crippen molar-refractivity contribution in [2.75, 3.05) is 26.1 Å². The molecule has 0 saturated heterocycles. The average molecular weight is 433 g/mol. The zero-order chi connectivity index (χ0) is 20.6. The summed E-state index contributed by atoms with van der Waals surface area (Å²) in [5.41, 5.74) is 1.65. The lowest BCUT2D eigenvalue weighted by Gasteiger charge is -2.08. The van der Waals surface area contributed by atoms with Gasteiger partial charge in [-0.2, -0.15) is 0 Å². The first-order valence-corrected chi connectivity index (χ1v) is 10.2. The van der Waals surface area contributed by atoms with E-state index < -0.39 is 0 Å². The monoisotopic (exact) mass is 432 g/mol. The minimum atomic E-state index is -0.0992. The molecule has 1 aromatic heterocycles. The molecule has 6 nitrogen and oxygen atoms in total. The average Bonchev–Trinajstić information content (AvgIpc) is 3.20. The number of rotatable bonds is 9. The van der Waals surface area contributed by atoms with Crippen LogP contribution in [0, 0.1) is 0 Å². The molecule has 8 heteroatoms. The van der Waals surface area contributed by atoms with Gasteiger partial charge in [-0.1, -0.05) is 11.6 Å². The van der Waals surface area contributed by atoms with Gasteiger partial charge < -0.3 is 19.5 Å². The van der Waals surface area contributed by atoms with Crippen LogP contribution in [0.3, 0.4) is 0 Å². The quantitative estimate of drug-likeness (QED) is 0.466. The van der Waals surface area contributed by atoms with E-state index in [-0.39, 0.29) is 5.91 Å². The lowest BCUT2D eigenvalue weighted by molar-refractivity contribution is -0.116. The van der Waals surface area contributed by atoms with Crippen molar-refractivity contribution in [3.05, 3.63) is 52.9 Å². The number of thiazole rings is 1. The highest BCUT2D eigenvalue weighted by molar-refractivity contribution is 7.14. The number of hydrogen-bond acceptors (Lipinski definition) is 6. The molecule has 152 valence electrons. The predicted molar refractivity (Wildman–Crippen MR) is 115 cm³/mol. The summed E-state index contributed by atoms with van der Waals surface area (Å²) in [6, 6.07) is 12.7. The minimum Gasteiger partial charge on any atom is -0.494 e. The molecule has 0 aliphatic rings. The molecular weight excluding hydrogens is 412 g/mol. The van der Waals surface area contributed by atoms with Gasteiger partial charge in [-0.15, -0.1) is 11.3 Å². The topological polar surface area (TPSA) is 69.7 Å². The Hall–Kier alpha value is -2.77. The Balaban J connectivity index is 1.49. The van der Waals surface area contributed by atoms with Crippen molar-refractivity contribution in [2.45, 2.75) is 12.8 Å². The molecule has 0 atom stereocenters. The molecule has 0 unspecified atom stereocenters. The van der Waals surface area contributed by atoms with Gasteiger partial charge in [-0.25, -0.2) is 4.98 Å². The summed E-state index contributed by atoms with van der Waals surface area (Å²) in [7, 11) is 3.18. The Morgan fingerprint density at radius 1 is 1.10 bits per heavy atom. The second kappa shape index (κ2) is 10.1. The highest BCUT2D eigenvalue weighted by Gasteiger charge is 2.11. The van der Waals surface area contributed by atoms with Crippen LogP contribution in [0.15, 0.2) is 47.8 Å². The maximum atomic E-state index is 12.1. The molecule has 0 radical (unpaired) electrons. The van der Waals surface area contributed by atoms with Crippen LogP contribution in [-0.4, -0.2) is 31.7 Å². The summed E-state index contributed by atoms with van der Waals surface area (Å²) < 4.78 is 16.2. The van der Waals surface area contributed by atoms with Gasteiger partial charge in [0.25, 0.3) is 0 Å². The third-order valence-corrected chi connectivity index (χ3v) is 5.07. The van der Waals surface area contributed by atoms with Crippen LogP contribution in [0.5, 0.6) is 17.2 Å². The van der Waals surface area contributed by atoms with E-state index in [4.69, 9.17) is 25.8 Å². The highest BCUT2D eigenvalue weighted by atomic mass is 35.5. The Morgan fingerprint density at radius 2 is 1.86 bits per heavy atom. The van der Waals surface area contributed by atoms with Crippen LogP contribution < -0.4 is 19.5 Å². The number of nitrogens with zero attached hydrogens (tertiary/aromatic N) is 1. The molecule has 3 rings (SSSR count). The van der Waals surface area contributed by atoms with Crippen LogP contribution in [0.25, 0.3) is 11.3 Å². The largest absolute Gasteiger partial charge is 0.494 e. The van der Waals surface area contributed by atoms with Crippen molar-refractivity contribution in [1.82, 2.24) is 4.98 Å². The van der Waals surface area contributed by atoms with Crippen molar-refractivity contribution in [3.63, 3.8) is 0 Å². The van der Waals surface area contributed by atoms with Crippen molar-refractivity contribution in [2.24, 2.45) is 0 Å². The van der Waals surface area contributed by atoms with E-state index in [0.717, 1.165) is 17.0 Å². The van der Waals surface area contributed by atoms with Gasteiger partial charge >= 0.3 is 0 Å². The molecule has 3 aromatic rings. The number of hydrogen-bond donors (Lipinski definition) is 1. The fraction of sp³-hybridized carbons (Fsp3) is 0.238. The summed E-state index contributed by atoms with van der Waals surface area (Å²) in [6.45, 7) is 0.448. The van der Waals surface area contributed by atoms with Crippen LogP contribution >= 0.6 is 22.9 Å².